The van der Waals surface area contributed by atoms with Crippen molar-refractivity contribution in [3.63, 3.8) is 0 Å². The third-order valence-corrected chi connectivity index (χ3v) is 9.98. The molecule has 3 aliphatic rings. The molecule has 1 unspecified atom stereocenters. The van der Waals surface area contributed by atoms with Crippen LogP contribution >= 0.6 is 0 Å². The monoisotopic (exact) mass is 713 g/mol. The number of aromatic nitrogens is 4. The minimum atomic E-state index is -0.991. The zero-order chi connectivity index (χ0) is 36.9. The van der Waals surface area contributed by atoms with E-state index in [-0.39, 0.29) is 41.5 Å². The van der Waals surface area contributed by atoms with Gasteiger partial charge in [-0.05, 0) is 60.0 Å². The van der Waals surface area contributed by atoms with Crippen LogP contribution in [0.3, 0.4) is 0 Å². The molecule has 0 bridgehead atoms. The number of piperidine rings is 1. The van der Waals surface area contributed by atoms with Gasteiger partial charge in [-0.25, -0.2) is 9.97 Å². The van der Waals surface area contributed by atoms with Gasteiger partial charge < -0.3 is 19.3 Å². The number of nitrogens with zero attached hydrogens (tertiary/aromatic N) is 5. The number of fused-ring (bicyclic) bond motifs is 1. The Morgan fingerprint density at radius 3 is 2.25 bits per heavy atom. The summed E-state index contributed by atoms with van der Waals surface area (Å²) in [6, 6.07) is 21.9. The summed E-state index contributed by atoms with van der Waals surface area (Å²) in [6.45, 7) is 6.04. The van der Waals surface area contributed by atoms with E-state index in [1.807, 2.05) is 36.4 Å². The van der Waals surface area contributed by atoms with Crippen LogP contribution in [0, 0.1) is 6.92 Å². The van der Waals surface area contributed by atoms with Crippen molar-refractivity contribution in [3.8, 4) is 28.9 Å². The van der Waals surface area contributed by atoms with Crippen molar-refractivity contribution in [3.05, 3.63) is 107 Å². The van der Waals surface area contributed by atoms with Gasteiger partial charge in [0, 0.05) is 49.4 Å². The van der Waals surface area contributed by atoms with E-state index in [4.69, 9.17) is 14.0 Å². The van der Waals surface area contributed by atoms with Gasteiger partial charge in [0.1, 0.15) is 35.7 Å². The van der Waals surface area contributed by atoms with Gasteiger partial charge in [0.05, 0.1) is 11.1 Å². The molecule has 14 heteroatoms. The summed E-state index contributed by atoms with van der Waals surface area (Å²) in [7, 11) is 0. The van der Waals surface area contributed by atoms with Crippen LogP contribution in [0.15, 0.2) is 83.6 Å². The molecule has 1 aliphatic carbocycles. The standard InChI is InChI=1S/C39H35N7O7/c1-21-42-35(45-53-21)31-19-34(41-20-40-31)52-27-11-6-23(7-12-27)39(2,3)22-4-9-26(10-5-22)51-28-16-25(17-28)43-24-8-13-29-30(18-24)38(50)46(37(29)49)32-14-15-33(47)44-36(32)48/h4-13,18-20,25,28,32,43H,14-17H2,1-3H3,(H,44,47,48). The molecule has 3 aromatic carbocycles. The van der Waals surface area contributed by atoms with Gasteiger partial charge in [-0.3, -0.25) is 29.4 Å². The number of nitrogens with one attached hydrogen (secondary N) is 2. The van der Waals surface area contributed by atoms with Crippen molar-refractivity contribution in [1.82, 2.24) is 30.3 Å². The van der Waals surface area contributed by atoms with E-state index in [1.54, 1.807) is 31.2 Å². The number of rotatable bonds is 10. The second kappa shape index (κ2) is 13.3. The summed E-state index contributed by atoms with van der Waals surface area (Å²) in [5.41, 5.74) is 3.66. The zero-order valence-corrected chi connectivity index (χ0v) is 29.2. The molecule has 2 fully saturated rings. The molecule has 0 spiro atoms. The maximum atomic E-state index is 13.2. The van der Waals surface area contributed by atoms with E-state index in [0.717, 1.165) is 34.6 Å². The van der Waals surface area contributed by atoms with Crippen molar-refractivity contribution in [2.24, 2.45) is 0 Å². The average Bonchev–Trinajstić information content (AvgIpc) is 3.67. The summed E-state index contributed by atoms with van der Waals surface area (Å²) < 4.78 is 17.3. The minimum absolute atomic E-state index is 0.0295. The molecule has 14 nitrogen and oxygen atoms in total. The highest BCUT2D eigenvalue weighted by atomic mass is 16.5. The fourth-order valence-electron chi connectivity index (χ4n) is 6.87. The second-order valence-electron chi connectivity index (χ2n) is 13.9. The quantitative estimate of drug-likeness (QED) is 0.177. The predicted octanol–water partition coefficient (Wildman–Crippen LogP) is 5.38. The highest BCUT2D eigenvalue weighted by Crippen LogP contribution is 2.36. The topological polar surface area (TPSA) is 179 Å². The van der Waals surface area contributed by atoms with Gasteiger partial charge in [-0.2, -0.15) is 4.98 Å². The number of amides is 4. The molecule has 1 saturated heterocycles. The number of imide groups is 2. The summed E-state index contributed by atoms with van der Waals surface area (Å²) in [5, 5.41) is 9.55. The molecule has 0 radical (unpaired) electrons. The van der Waals surface area contributed by atoms with Crippen LogP contribution in [0.4, 0.5) is 5.69 Å². The molecule has 4 amide bonds. The first-order chi connectivity index (χ1) is 25.5. The number of hydrogen-bond donors (Lipinski definition) is 2. The summed E-state index contributed by atoms with van der Waals surface area (Å²) in [6.07, 6.45) is 3.15. The van der Waals surface area contributed by atoms with Gasteiger partial charge in [0.15, 0.2) is 0 Å². The second-order valence-corrected chi connectivity index (χ2v) is 13.9. The molecule has 53 heavy (non-hydrogen) atoms. The van der Waals surface area contributed by atoms with Gasteiger partial charge >= 0.3 is 0 Å². The van der Waals surface area contributed by atoms with Gasteiger partial charge in [-0.15, -0.1) is 0 Å². The number of hydrogen-bond acceptors (Lipinski definition) is 12. The molecular formula is C39H35N7O7. The van der Waals surface area contributed by atoms with Crippen molar-refractivity contribution in [2.45, 2.75) is 70.1 Å². The lowest BCUT2D eigenvalue weighted by atomic mass is 9.78. The Labute approximate surface area is 303 Å². The van der Waals surface area contributed by atoms with Crippen LogP contribution in [-0.4, -0.2) is 66.8 Å². The van der Waals surface area contributed by atoms with E-state index in [9.17, 15) is 19.2 Å². The van der Waals surface area contributed by atoms with Crippen LogP contribution in [0.5, 0.6) is 17.4 Å². The number of aryl methyl sites for hydroxylation is 1. The normalized spacial score (nSPS) is 19.8. The number of carbonyl (C=O) groups excluding carboxylic acids is 4. The van der Waals surface area contributed by atoms with Crippen LogP contribution in [0.1, 0.15) is 77.3 Å². The molecule has 2 N–H and O–H groups in total. The van der Waals surface area contributed by atoms with Gasteiger partial charge in [0.25, 0.3) is 11.8 Å². The molecule has 2 aromatic heterocycles. The summed E-state index contributed by atoms with van der Waals surface area (Å²) in [5.74, 6) is 0.516. The van der Waals surface area contributed by atoms with Crippen molar-refractivity contribution in [2.75, 3.05) is 5.32 Å². The molecule has 1 saturated carbocycles. The molecule has 2 aliphatic heterocycles. The van der Waals surface area contributed by atoms with Crippen molar-refractivity contribution >= 4 is 29.3 Å². The summed E-state index contributed by atoms with van der Waals surface area (Å²) in [4.78, 5) is 63.7. The van der Waals surface area contributed by atoms with Crippen LogP contribution in [-0.2, 0) is 15.0 Å². The molecule has 5 aromatic rings. The Kier molecular flexibility index (Phi) is 8.44. The Hall–Kier alpha value is -6.44. The van der Waals surface area contributed by atoms with Crippen LogP contribution in [0.25, 0.3) is 11.5 Å². The van der Waals surface area contributed by atoms with Gasteiger partial charge in [-0.1, -0.05) is 43.3 Å². The molecule has 268 valence electrons. The van der Waals surface area contributed by atoms with Crippen LogP contribution in [0.2, 0.25) is 0 Å². The number of benzene rings is 3. The predicted molar refractivity (Wildman–Crippen MR) is 189 cm³/mol. The molecule has 8 rings (SSSR count). The molecular weight excluding hydrogens is 678 g/mol. The average molecular weight is 714 g/mol. The summed E-state index contributed by atoms with van der Waals surface area (Å²) >= 11 is 0. The Balaban J connectivity index is 0.839. The van der Waals surface area contributed by atoms with Crippen LogP contribution < -0.4 is 20.1 Å². The van der Waals surface area contributed by atoms with E-state index < -0.39 is 29.7 Å². The molecule has 4 heterocycles. The van der Waals surface area contributed by atoms with Crippen molar-refractivity contribution < 1.29 is 33.2 Å². The highest BCUT2D eigenvalue weighted by molar-refractivity contribution is 6.23. The Morgan fingerprint density at radius 1 is 0.868 bits per heavy atom. The number of carbonyl (C=O) groups is 4. The minimum Gasteiger partial charge on any atom is -0.490 e. The van der Waals surface area contributed by atoms with E-state index in [0.29, 0.717) is 34.7 Å². The lowest BCUT2D eigenvalue weighted by Gasteiger charge is -2.36. The van der Waals surface area contributed by atoms with E-state index in [2.05, 4.69) is 56.7 Å². The first-order valence-electron chi connectivity index (χ1n) is 17.3. The SMILES string of the molecule is Cc1nc(-c2cc(Oc3ccc(C(C)(C)c4ccc(OC5CC(Nc6ccc7c(c6)C(=O)N(C6CCC(=O)NC6=O)C7=O)C5)cc4)cc3)ncn2)no1. The third kappa shape index (κ3) is 6.59. The smallest absolute Gasteiger partial charge is 0.262 e. The van der Waals surface area contributed by atoms with Crippen molar-refractivity contribution in [1.29, 1.82) is 0 Å². The maximum Gasteiger partial charge on any atom is 0.262 e. The largest absolute Gasteiger partial charge is 0.490 e. The lowest BCUT2D eigenvalue weighted by Crippen LogP contribution is -2.54. The fraction of sp³-hybridized carbons (Fsp3) is 0.282. The zero-order valence-electron chi connectivity index (χ0n) is 29.2. The highest BCUT2D eigenvalue weighted by Gasteiger charge is 2.45. The Morgan fingerprint density at radius 2 is 1.57 bits per heavy atom. The fourth-order valence-corrected chi connectivity index (χ4v) is 6.87. The first-order valence-corrected chi connectivity index (χ1v) is 17.3. The van der Waals surface area contributed by atoms with Gasteiger partial charge in [0.2, 0.25) is 29.4 Å². The number of ether oxygens (including phenoxy) is 2. The molecule has 1 atom stereocenters. The first kappa shape index (κ1) is 33.7. The van der Waals surface area contributed by atoms with E-state index in [1.165, 1.54) is 6.33 Å². The lowest BCUT2D eigenvalue weighted by molar-refractivity contribution is -0.136. The van der Waals surface area contributed by atoms with E-state index >= 15 is 0 Å². The Bertz CT molecular complexity index is 2250. The number of anilines is 1. The maximum absolute atomic E-state index is 13.2. The third-order valence-electron chi connectivity index (χ3n) is 9.98.